The molecule has 0 bridgehead atoms. The lowest BCUT2D eigenvalue weighted by Crippen LogP contribution is -1.97. The van der Waals surface area contributed by atoms with Crippen molar-refractivity contribution in [3.8, 4) is 0 Å². The second kappa shape index (κ2) is 2.62. The average Bonchev–Trinajstić information content (AvgIpc) is 2.55. The molecule has 0 aliphatic carbocycles. The van der Waals surface area contributed by atoms with Gasteiger partial charge in [-0.2, -0.15) is 0 Å². The van der Waals surface area contributed by atoms with Crippen LogP contribution in [-0.2, 0) is 4.74 Å². The Labute approximate surface area is 64.6 Å². The summed E-state index contributed by atoms with van der Waals surface area (Å²) >= 11 is 0. The molecule has 4 nitrogen and oxygen atoms in total. The second-order valence-electron chi connectivity index (χ2n) is 2.72. The van der Waals surface area contributed by atoms with Crippen molar-refractivity contribution in [2.45, 2.75) is 19.3 Å². The molecule has 0 N–H and O–H groups in total. The fourth-order valence-electron chi connectivity index (χ4n) is 1.21. The molecule has 4 heteroatoms. The molecule has 1 atom stereocenters. The zero-order chi connectivity index (χ0) is 7.68. The van der Waals surface area contributed by atoms with Gasteiger partial charge < -0.3 is 9.15 Å². The van der Waals surface area contributed by atoms with E-state index in [0.717, 1.165) is 25.5 Å². The maximum atomic E-state index is 5.27. The fraction of sp³-hybridized carbons (Fsp3) is 0.714. The lowest BCUT2D eigenvalue weighted by atomic mass is 10.1. The Bertz CT molecular complexity index is 240. The Morgan fingerprint density at radius 3 is 2.91 bits per heavy atom. The van der Waals surface area contributed by atoms with Crippen LogP contribution >= 0.6 is 0 Å². The van der Waals surface area contributed by atoms with Crippen molar-refractivity contribution in [1.29, 1.82) is 0 Å². The van der Waals surface area contributed by atoms with Crippen LogP contribution in [0.2, 0.25) is 0 Å². The minimum atomic E-state index is 0.330. The Hall–Kier alpha value is -0.900. The van der Waals surface area contributed by atoms with Crippen molar-refractivity contribution >= 4 is 0 Å². The van der Waals surface area contributed by atoms with Gasteiger partial charge in [0.25, 0.3) is 0 Å². The molecule has 1 aromatic heterocycles. The van der Waals surface area contributed by atoms with E-state index in [1.54, 1.807) is 6.92 Å². The van der Waals surface area contributed by atoms with Crippen molar-refractivity contribution in [2.75, 3.05) is 13.2 Å². The maximum absolute atomic E-state index is 5.27. The smallest absolute Gasteiger partial charge is 0.222 e. The molecule has 60 valence electrons. The number of nitrogens with zero attached hydrogens (tertiary/aromatic N) is 2. The molecular formula is C7H10N2O2. The van der Waals surface area contributed by atoms with Gasteiger partial charge in [0.1, 0.15) is 0 Å². The molecule has 0 aromatic carbocycles. The Morgan fingerprint density at radius 2 is 2.36 bits per heavy atom. The van der Waals surface area contributed by atoms with Gasteiger partial charge in [-0.3, -0.25) is 0 Å². The van der Waals surface area contributed by atoms with Crippen LogP contribution in [0.25, 0.3) is 0 Å². The molecule has 1 unspecified atom stereocenters. The molecule has 0 spiro atoms. The number of hydrogen-bond acceptors (Lipinski definition) is 4. The molecule has 1 aliphatic heterocycles. The first-order chi connectivity index (χ1) is 5.36. The summed E-state index contributed by atoms with van der Waals surface area (Å²) in [6.07, 6.45) is 1.00. The van der Waals surface area contributed by atoms with E-state index in [1.807, 2.05) is 0 Å². The summed E-state index contributed by atoms with van der Waals surface area (Å²) in [7, 11) is 0. The zero-order valence-corrected chi connectivity index (χ0v) is 6.41. The first kappa shape index (κ1) is 6.79. The van der Waals surface area contributed by atoms with Gasteiger partial charge in [-0.1, -0.05) is 0 Å². The van der Waals surface area contributed by atoms with Gasteiger partial charge in [-0.05, 0) is 6.42 Å². The molecule has 1 saturated heterocycles. The summed E-state index contributed by atoms with van der Waals surface area (Å²) in [4.78, 5) is 0. The normalized spacial score (nSPS) is 24.3. The summed E-state index contributed by atoms with van der Waals surface area (Å²) in [5.41, 5.74) is 0. The van der Waals surface area contributed by atoms with Crippen molar-refractivity contribution < 1.29 is 9.15 Å². The molecule has 1 aliphatic rings. The van der Waals surface area contributed by atoms with Gasteiger partial charge in [-0.15, -0.1) is 10.2 Å². The third kappa shape index (κ3) is 1.26. The van der Waals surface area contributed by atoms with Crippen molar-refractivity contribution in [3.05, 3.63) is 11.8 Å². The zero-order valence-electron chi connectivity index (χ0n) is 6.41. The monoisotopic (exact) mass is 154 g/mol. The van der Waals surface area contributed by atoms with E-state index in [9.17, 15) is 0 Å². The Kier molecular flexibility index (Phi) is 1.62. The molecule has 0 radical (unpaired) electrons. The Balaban J connectivity index is 2.15. The quantitative estimate of drug-likeness (QED) is 0.602. The SMILES string of the molecule is Cc1nnc(C2CCOC2)o1. The summed E-state index contributed by atoms with van der Waals surface area (Å²) in [5.74, 6) is 1.68. The van der Waals surface area contributed by atoms with Crippen LogP contribution in [0.3, 0.4) is 0 Å². The van der Waals surface area contributed by atoms with Crippen LogP contribution in [-0.4, -0.2) is 23.4 Å². The van der Waals surface area contributed by atoms with Gasteiger partial charge in [-0.25, -0.2) is 0 Å². The average molecular weight is 154 g/mol. The fourth-order valence-corrected chi connectivity index (χ4v) is 1.21. The summed E-state index contributed by atoms with van der Waals surface area (Å²) in [6, 6.07) is 0. The molecule has 11 heavy (non-hydrogen) atoms. The predicted molar refractivity (Wildman–Crippen MR) is 37.2 cm³/mol. The highest BCUT2D eigenvalue weighted by atomic mass is 16.5. The standard InChI is InChI=1S/C7H10N2O2/c1-5-8-9-7(11-5)6-2-3-10-4-6/h6H,2-4H2,1H3. The van der Waals surface area contributed by atoms with Gasteiger partial charge in [0.2, 0.25) is 11.8 Å². The molecule has 1 fully saturated rings. The van der Waals surface area contributed by atoms with Crippen LogP contribution in [0.1, 0.15) is 24.1 Å². The van der Waals surface area contributed by atoms with Gasteiger partial charge in [0.15, 0.2) is 0 Å². The maximum Gasteiger partial charge on any atom is 0.222 e. The van der Waals surface area contributed by atoms with E-state index in [1.165, 1.54) is 0 Å². The van der Waals surface area contributed by atoms with E-state index in [-0.39, 0.29) is 0 Å². The second-order valence-corrected chi connectivity index (χ2v) is 2.72. The molecule has 2 rings (SSSR count). The van der Waals surface area contributed by atoms with E-state index in [0.29, 0.717) is 11.8 Å². The highest BCUT2D eigenvalue weighted by molar-refractivity contribution is 4.92. The minimum absolute atomic E-state index is 0.330. The highest BCUT2D eigenvalue weighted by Gasteiger charge is 2.22. The predicted octanol–water partition coefficient (Wildman–Crippen LogP) is 0.882. The van der Waals surface area contributed by atoms with Crippen LogP contribution in [0.15, 0.2) is 4.42 Å². The van der Waals surface area contributed by atoms with Gasteiger partial charge in [0, 0.05) is 13.5 Å². The largest absolute Gasteiger partial charge is 0.425 e. The summed E-state index contributed by atoms with van der Waals surface area (Å²) in [6.45, 7) is 3.33. The molecule has 0 amide bonds. The lowest BCUT2D eigenvalue weighted by Gasteiger charge is -1.97. The van der Waals surface area contributed by atoms with Gasteiger partial charge in [0.05, 0.1) is 12.5 Å². The number of aromatic nitrogens is 2. The Morgan fingerprint density at radius 1 is 1.45 bits per heavy atom. The molecular weight excluding hydrogens is 144 g/mol. The third-order valence-electron chi connectivity index (χ3n) is 1.82. The number of aryl methyl sites for hydroxylation is 1. The number of rotatable bonds is 1. The van der Waals surface area contributed by atoms with Crippen LogP contribution < -0.4 is 0 Å². The van der Waals surface area contributed by atoms with Crippen molar-refractivity contribution in [2.24, 2.45) is 0 Å². The summed E-state index contributed by atoms with van der Waals surface area (Å²) < 4.78 is 10.5. The third-order valence-corrected chi connectivity index (χ3v) is 1.82. The highest BCUT2D eigenvalue weighted by Crippen LogP contribution is 2.23. The number of ether oxygens (including phenoxy) is 1. The van der Waals surface area contributed by atoms with Crippen LogP contribution in [0.5, 0.6) is 0 Å². The molecule has 1 aromatic rings. The van der Waals surface area contributed by atoms with E-state index < -0.39 is 0 Å². The van der Waals surface area contributed by atoms with Gasteiger partial charge >= 0.3 is 0 Å². The lowest BCUT2D eigenvalue weighted by molar-refractivity contribution is 0.190. The van der Waals surface area contributed by atoms with E-state index >= 15 is 0 Å². The molecule has 0 saturated carbocycles. The summed E-state index contributed by atoms with van der Waals surface area (Å²) in [5, 5.41) is 7.69. The molecule has 2 heterocycles. The van der Waals surface area contributed by atoms with Crippen LogP contribution in [0, 0.1) is 6.92 Å². The van der Waals surface area contributed by atoms with E-state index in [2.05, 4.69) is 10.2 Å². The van der Waals surface area contributed by atoms with E-state index in [4.69, 9.17) is 9.15 Å². The number of hydrogen-bond donors (Lipinski definition) is 0. The topological polar surface area (TPSA) is 48.2 Å². The van der Waals surface area contributed by atoms with Crippen molar-refractivity contribution in [3.63, 3.8) is 0 Å². The van der Waals surface area contributed by atoms with Crippen LogP contribution in [0.4, 0.5) is 0 Å². The minimum Gasteiger partial charge on any atom is -0.425 e. The van der Waals surface area contributed by atoms with Crippen molar-refractivity contribution in [1.82, 2.24) is 10.2 Å². The first-order valence-electron chi connectivity index (χ1n) is 3.74. The first-order valence-corrected chi connectivity index (χ1v) is 3.74.